The van der Waals surface area contributed by atoms with Gasteiger partial charge in [0.1, 0.15) is 11.5 Å². The monoisotopic (exact) mass is 328 g/mol. The summed E-state index contributed by atoms with van der Waals surface area (Å²) in [5.74, 6) is 4.61. The predicted molar refractivity (Wildman–Crippen MR) is 97.4 cm³/mol. The standard InChI is InChI=1S/C22H32O2/c1-2-3-4-5-6-16-12-19(21(24)13-20(16)23)22-17-8-14-7-15(10-17)11-18(22)9-14/h12-15,17-18,22-24H,2-11H2,1H3. The van der Waals surface area contributed by atoms with Crippen LogP contribution in [0.1, 0.15) is 81.8 Å². The maximum Gasteiger partial charge on any atom is 0.122 e. The first kappa shape index (κ1) is 16.3. The van der Waals surface area contributed by atoms with Crippen LogP contribution in [0, 0.1) is 23.7 Å². The maximum absolute atomic E-state index is 10.5. The molecule has 1 aromatic rings. The van der Waals surface area contributed by atoms with Gasteiger partial charge in [-0.3, -0.25) is 0 Å². The van der Waals surface area contributed by atoms with E-state index in [1.54, 1.807) is 6.07 Å². The van der Waals surface area contributed by atoms with E-state index in [9.17, 15) is 10.2 Å². The molecule has 0 spiro atoms. The predicted octanol–water partition coefficient (Wildman–Crippen LogP) is 5.76. The fourth-order valence-electron chi connectivity index (χ4n) is 6.28. The van der Waals surface area contributed by atoms with Crippen molar-refractivity contribution in [1.29, 1.82) is 0 Å². The first-order chi connectivity index (χ1) is 11.7. The van der Waals surface area contributed by atoms with Crippen LogP contribution in [0.15, 0.2) is 12.1 Å². The number of benzene rings is 1. The zero-order valence-corrected chi connectivity index (χ0v) is 15.0. The highest BCUT2D eigenvalue weighted by atomic mass is 16.3. The lowest BCUT2D eigenvalue weighted by Gasteiger charge is -2.54. The molecule has 4 fully saturated rings. The Morgan fingerprint density at radius 3 is 2.12 bits per heavy atom. The molecule has 0 amide bonds. The first-order valence-corrected chi connectivity index (χ1v) is 10.2. The van der Waals surface area contributed by atoms with Crippen molar-refractivity contribution in [2.45, 2.75) is 77.0 Å². The van der Waals surface area contributed by atoms with E-state index < -0.39 is 0 Å². The zero-order valence-electron chi connectivity index (χ0n) is 15.0. The van der Waals surface area contributed by atoms with Gasteiger partial charge in [-0.1, -0.05) is 26.2 Å². The molecule has 0 saturated heterocycles. The number of phenols is 2. The van der Waals surface area contributed by atoms with Gasteiger partial charge in [-0.25, -0.2) is 0 Å². The summed E-state index contributed by atoms with van der Waals surface area (Å²) in [5, 5.41) is 20.8. The van der Waals surface area contributed by atoms with E-state index in [-0.39, 0.29) is 5.75 Å². The van der Waals surface area contributed by atoms with Crippen LogP contribution in [-0.4, -0.2) is 10.2 Å². The summed E-state index contributed by atoms with van der Waals surface area (Å²) in [5.41, 5.74) is 2.19. The van der Waals surface area contributed by atoms with Gasteiger partial charge in [-0.2, -0.15) is 0 Å². The Morgan fingerprint density at radius 2 is 1.50 bits per heavy atom. The molecule has 5 rings (SSSR count). The Hall–Kier alpha value is -1.18. The van der Waals surface area contributed by atoms with Gasteiger partial charge in [0.15, 0.2) is 0 Å². The lowest BCUT2D eigenvalue weighted by molar-refractivity contribution is -0.00351. The fourth-order valence-corrected chi connectivity index (χ4v) is 6.28. The Balaban J connectivity index is 1.56. The quantitative estimate of drug-likeness (QED) is 0.652. The van der Waals surface area contributed by atoms with E-state index in [0.29, 0.717) is 11.7 Å². The number of hydrogen-bond acceptors (Lipinski definition) is 2. The molecule has 132 valence electrons. The van der Waals surface area contributed by atoms with Gasteiger partial charge < -0.3 is 10.2 Å². The number of aromatic hydroxyl groups is 2. The average molecular weight is 328 g/mol. The molecule has 4 saturated carbocycles. The summed E-state index contributed by atoms with van der Waals surface area (Å²) in [7, 11) is 0. The van der Waals surface area contributed by atoms with Gasteiger partial charge >= 0.3 is 0 Å². The van der Waals surface area contributed by atoms with Crippen molar-refractivity contribution >= 4 is 0 Å². The summed E-state index contributed by atoms with van der Waals surface area (Å²) < 4.78 is 0. The fraction of sp³-hybridized carbons (Fsp3) is 0.727. The van der Waals surface area contributed by atoms with Gasteiger partial charge in [0, 0.05) is 6.07 Å². The summed E-state index contributed by atoms with van der Waals surface area (Å²) >= 11 is 0. The molecule has 0 aliphatic heterocycles. The second-order valence-corrected chi connectivity index (χ2v) is 8.81. The highest BCUT2D eigenvalue weighted by molar-refractivity contribution is 5.47. The Bertz CT molecular complexity index is 564. The van der Waals surface area contributed by atoms with E-state index in [1.165, 1.54) is 51.4 Å². The van der Waals surface area contributed by atoms with Crippen molar-refractivity contribution < 1.29 is 10.2 Å². The molecule has 4 aliphatic carbocycles. The van der Waals surface area contributed by atoms with Crippen LogP contribution in [0.4, 0.5) is 0 Å². The van der Waals surface area contributed by atoms with E-state index >= 15 is 0 Å². The SMILES string of the molecule is CCCCCCc1cc(C2C3CC4CC(C3)CC2C4)c(O)cc1O. The molecule has 2 N–H and O–H groups in total. The minimum absolute atomic E-state index is 0.288. The zero-order chi connectivity index (χ0) is 16.7. The van der Waals surface area contributed by atoms with E-state index in [0.717, 1.165) is 47.6 Å². The number of aryl methyl sites for hydroxylation is 1. The molecule has 0 heterocycles. The van der Waals surface area contributed by atoms with Gasteiger partial charge in [0.05, 0.1) is 0 Å². The third kappa shape index (κ3) is 2.93. The largest absolute Gasteiger partial charge is 0.508 e. The van der Waals surface area contributed by atoms with Crippen LogP contribution in [0.2, 0.25) is 0 Å². The lowest BCUT2D eigenvalue weighted by Crippen LogP contribution is -2.43. The van der Waals surface area contributed by atoms with Gasteiger partial charge in [-0.05, 0) is 91.7 Å². The topological polar surface area (TPSA) is 40.5 Å². The van der Waals surface area contributed by atoms with Crippen molar-refractivity contribution in [3.05, 3.63) is 23.3 Å². The molecule has 4 aliphatic rings. The summed E-state index contributed by atoms with van der Waals surface area (Å²) in [6.45, 7) is 2.22. The average Bonchev–Trinajstić information content (AvgIpc) is 2.53. The Labute approximate surface area is 146 Å². The third-order valence-electron chi connectivity index (χ3n) is 7.11. The van der Waals surface area contributed by atoms with Crippen LogP contribution in [0.25, 0.3) is 0 Å². The highest BCUT2D eigenvalue weighted by Crippen LogP contribution is 2.60. The number of rotatable bonds is 6. The Kier molecular flexibility index (Phi) is 4.49. The normalized spacial score (nSPS) is 34.0. The van der Waals surface area contributed by atoms with Crippen molar-refractivity contribution in [2.24, 2.45) is 23.7 Å². The molecule has 0 atom stereocenters. The van der Waals surface area contributed by atoms with E-state index in [4.69, 9.17) is 0 Å². The highest BCUT2D eigenvalue weighted by Gasteiger charge is 2.49. The van der Waals surface area contributed by atoms with Crippen molar-refractivity contribution in [2.75, 3.05) is 0 Å². The minimum atomic E-state index is 0.288. The van der Waals surface area contributed by atoms with Gasteiger partial charge in [0.25, 0.3) is 0 Å². The van der Waals surface area contributed by atoms with Crippen molar-refractivity contribution in [3.8, 4) is 11.5 Å². The molecule has 2 nitrogen and oxygen atoms in total. The molecule has 0 unspecified atom stereocenters. The van der Waals surface area contributed by atoms with Crippen LogP contribution in [0.5, 0.6) is 11.5 Å². The van der Waals surface area contributed by atoms with Gasteiger partial charge in [-0.15, -0.1) is 0 Å². The smallest absolute Gasteiger partial charge is 0.122 e. The minimum Gasteiger partial charge on any atom is -0.508 e. The van der Waals surface area contributed by atoms with Crippen LogP contribution in [0.3, 0.4) is 0 Å². The number of phenolic OH excluding ortho intramolecular Hbond substituents is 2. The van der Waals surface area contributed by atoms with E-state index in [1.807, 2.05) is 0 Å². The van der Waals surface area contributed by atoms with Crippen LogP contribution < -0.4 is 0 Å². The molecule has 4 bridgehead atoms. The number of hydrogen-bond donors (Lipinski definition) is 2. The molecular weight excluding hydrogens is 296 g/mol. The van der Waals surface area contributed by atoms with Crippen LogP contribution >= 0.6 is 0 Å². The maximum atomic E-state index is 10.5. The van der Waals surface area contributed by atoms with E-state index in [2.05, 4.69) is 13.0 Å². The van der Waals surface area contributed by atoms with Crippen molar-refractivity contribution in [1.82, 2.24) is 0 Å². The van der Waals surface area contributed by atoms with Gasteiger partial charge in [0.2, 0.25) is 0 Å². The molecule has 24 heavy (non-hydrogen) atoms. The molecular formula is C22H32O2. The Morgan fingerprint density at radius 1 is 0.833 bits per heavy atom. The summed E-state index contributed by atoms with van der Waals surface area (Å²) in [6.07, 6.45) is 12.7. The second kappa shape index (κ2) is 6.61. The third-order valence-corrected chi connectivity index (χ3v) is 7.11. The molecule has 0 aromatic heterocycles. The second-order valence-electron chi connectivity index (χ2n) is 8.81. The number of unbranched alkanes of at least 4 members (excludes halogenated alkanes) is 3. The summed E-state index contributed by atoms with van der Waals surface area (Å²) in [6, 6.07) is 3.78. The molecule has 0 radical (unpaired) electrons. The summed E-state index contributed by atoms with van der Waals surface area (Å²) in [4.78, 5) is 0. The first-order valence-electron chi connectivity index (χ1n) is 10.2. The lowest BCUT2D eigenvalue weighted by atomic mass is 9.50. The molecule has 1 aromatic carbocycles. The molecule has 2 heteroatoms. The van der Waals surface area contributed by atoms with Crippen molar-refractivity contribution in [3.63, 3.8) is 0 Å². The van der Waals surface area contributed by atoms with Crippen LogP contribution in [-0.2, 0) is 6.42 Å².